The highest BCUT2D eigenvalue weighted by atomic mass is 15.1. The van der Waals surface area contributed by atoms with Gasteiger partial charge in [0, 0.05) is 32.0 Å². The molecule has 1 fully saturated rings. The molecule has 1 aromatic rings. The molecular weight excluding hydrogens is 246 g/mol. The van der Waals surface area contributed by atoms with Crippen LogP contribution in [0.1, 0.15) is 38.2 Å². The van der Waals surface area contributed by atoms with Crippen LogP contribution in [0, 0.1) is 11.3 Å². The van der Waals surface area contributed by atoms with Crippen molar-refractivity contribution >= 4 is 0 Å². The zero-order valence-corrected chi connectivity index (χ0v) is 13.2. The first kappa shape index (κ1) is 15.5. The maximum absolute atomic E-state index is 4.09. The molecule has 0 radical (unpaired) electrons. The standard InChI is InChI=1S/C17H29N3/c1-15-5-4-8-17(11-15,13-18-2)14-20(3)12-16-6-9-19-10-7-16/h6-7,9-10,15,18H,4-5,8,11-14H2,1-3H3. The lowest BCUT2D eigenvalue weighted by Gasteiger charge is -2.42. The minimum atomic E-state index is 0.453. The number of nitrogens with zero attached hydrogens (tertiary/aromatic N) is 2. The van der Waals surface area contributed by atoms with Crippen molar-refractivity contribution < 1.29 is 0 Å². The van der Waals surface area contributed by atoms with Gasteiger partial charge in [0.2, 0.25) is 0 Å². The van der Waals surface area contributed by atoms with Crippen molar-refractivity contribution in [2.45, 2.75) is 39.2 Å². The summed E-state index contributed by atoms with van der Waals surface area (Å²) in [7, 11) is 4.33. The van der Waals surface area contributed by atoms with Crippen molar-refractivity contribution in [2.24, 2.45) is 11.3 Å². The Labute approximate surface area is 123 Å². The Morgan fingerprint density at radius 1 is 1.40 bits per heavy atom. The Balaban J connectivity index is 1.96. The lowest BCUT2D eigenvalue weighted by molar-refractivity contribution is 0.0910. The van der Waals surface area contributed by atoms with Gasteiger partial charge in [-0.25, -0.2) is 0 Å². The van der Waals surface area contributed by atoms with Crippen LogP contribution >= 0.6 is 0 Å². The molecule has 1 aliphatic carbocycles. The van der Waals surface area contributed by atoms with Crippen LogP contribution in [0.2, 0.25) is 0 Å². The Bertz CT molecular complexity index is 388. The highest BCUT2D eigenvalue weighted by Crippen LogP contribution is 2.39. The molecule has 1 N–H and O–H groups in total. The van der Waals surface area contributed by atoms with Gasteiger partial charge in [0.25, 0.3) is 0 Å². The first-order valence-corrected chi connectivity index (χ1v) is 7.86. The lowest BCUT2D eigenvalue weighted by Crippen LogP contribution is -2.44. The Morgan fingerprint density at radius 3 is 2.80 bits per heavy atom. The van der Waals surface area contributed by atoms with Gasteiger partial charge in [0.05, 0.1) is 0 Å². The molecule has 0 aliphatic heterocycles. The summed E-state index contributed by atoms with van der Waals surface area (Å²) in [4.78, 5) is 6.57. The van der Waals surface area contributed by atoms with Gasteiger partial charge in [-0.15, -0.1) is 0 Å². The number of hydrogen-bond donors (Lipinski definition) is 1. The van der Waals surface area contributed by atoms with Gasteiger partial charge in [-0.3, -0.25) is 4.98 Å². The molecule has 1 aromatic heterocycles. The van der Waals surface area contributed by atoms with Crippen LogP contribution in [0.25, 0.3) is 0 Å². The maximum Gasteiger partial charge on any atom is 0.0271 e. The molecule has 2 unspecified atom stereocenters. The first-order valence-electron chi connectivity index (χ1n) is 7.86. The lowest BCUT2D eigenvalue weighted by atomic mass is 9.69. The molecule has 0 saturated heterocycles. The minimum Gasteiger partial charge on any atom is -0.319 e. The van der Waals surface area contributed by atoms with E-state index in [4.69, 9.17) is 0 Å². The SMILES string of the molecule is CNCC1(CN(C)Cc2ccncc2)CCCC(C)C1. The minimum absolute atomic E-state index is 0.453. The molecule has 1 heterocycles. The van der Waals surface area contributed by atoms with E-state index in [1.807, 2.05) is 12.4 Å². The van der Waals surface area contributed by atoms with Gasteiger partial charge < -0.3 is 10.2 Å². The van der Waals surface area contributed by atoms with Gasteiger partial charge in [-0.05, 0) is 56.0 Å². The van der Waals surface area contributed by atoms with Crippen molar-refractivity contribution in [3.8, 4) is 0 Å². The van der Waals surface area contributed by atoms with Crippen LogP contribution in [0.5, 0.6) is 0 Å². The number of rotatable bonds is 6. The fourth-order valence-electron chi connectivity index (χ4n) is 3.93. The third-order valence-corrected chi connectivity index (χ3v) is 4.54. The predicted molar refractivity (Wildman–Crippen MR) is 84.6 cm³/mol. The van der Waals surface area contributed by atoms with Gasteiger partial charge in [-0.1, -0.05) is 19.8 Å². The highest BCUT2D eigenvalue weighted by molar-refractivity contribution is 5.09. The topological polar surface area (TPSA) is 28.2 Å². The third-order valence-electron chi connectivity index (χ3n) is 4.54. The Morgan fingerprint density at radius 2 is 2.15 bits per heavy atom. The molecule has 1 saturated carbocycles. The summed E-state index contributed by atoms with van der Waals surface area (Å²) in [6.07, 6.45) is 9.27. The van der Waals surface area contributed by atoms with Gasteiger partial charge in [0.1, 0.15) is 0 Å². The molecule has 2 rings (SSSR count). The average Bonchev–Trinajstić information content (AvgIpc) is 2.39. The van der Waals surface area contributed by atoms with Gasteiger partial charge in [0.15, 0.2) is 0 Å². The van der Waals surface area contributed by atoms with Gasteiger partial charge in [-0.2, -0.15) is 0 Å². The van der Waals surface area contributed by atoms with E-state index in [1.54, 1.807) is 0 Å². The quantitative estimate of drug-likeness (QED) is 0.865. The van der Waals surface area contributed by atoms with E-state index in [9.17, 15) is 0 Å². The Kier molecular flexibility index (Phi) is 5.55. The summed E-state index contributed by atoms with van der Waals surface area (Å²) in [5.74, 6) is 0.867. The summed E-state index contributed by atoms with van der Waals surface area (Å²) < 4.78 is 0. The van der Waals surface area contributed by atoms with Crippen LogP contribution in [-0.2, 0) is 6.54 Å². The smallest absolute Gasteiger partial charge is 0.0271 e. The van der Waals surface area contributed by atoms with Crippen molar-refractivity contribution in [3.63, 3.8) is 0 Å². The number of hydrogen-bond acceptors (Lipinski definition) is 3. The normalized spacial score (nSPS) is 26.9. The molecular formula is C17H29N3. The van der Waals surface area contributed by atoms with Gasteiger partial charge >= 0.3 is 0 Å². The summed E-state index contributed by atoms with van der Waals surface area (Å²) >= 11 is 0. The van der Waals surface area contributed by atoms with Crippen LogP contribution in [0.15, 0.2) is 24.5 Å². The summed E-state index contributed by atoms with van der Waals surface area (Å²) in [5.41, 5.74) is 1.81. The van der Waals surface area contributed by atoms with Crippen molar-refractivity contribution in [3.05, 3.63) is 30.1 Å². The fraction of sp³-hybridized carbons (Fsp3) is 0.706. The van der Waals surface area contributed by atoms with Crippen molar-refractivity contribution in [2.75, 3.05) is 27.2 Å². The van der Waals surface area contributed by atoms with Crippen LogP contribution in [0.4, 0.5) is 0 Å². The second-order valence-corrected chi connectivity index (χ2v) is 6.76. The second-order valence-electron chi connectivity index (χ2n) is 6.76. The number of nitrogens with one attached hydrogen (secondary N) is 1. The number of aromatic nitrogens is 1. The van der Waals surface area contributed by atoms with E-state index in [1.165, 1.54) is 37.8 Å². The molecule has 0 spiro atoms. The number of pyridine rings is 1. The zero-order valence-electron chi connectivity index (χ0n) is 13.2. The summed E-state index contributed by atoms with van der Waals surface area (Å²) in [5, 5.41) is 3.43. The van der Waals surface area contributed by atoms with E-state index in [0.29, 0.717) is 5.41 Å². The first-order chi connectivity index (χ1) is 9.63. The average molecular weight is 275 g/mol. The monoisotopic (exact) mass is 275 g/mol. The van der Waals surface area contributed by atoms with E-state index < -0.39 is 0 Å². The van der Waals surface area contributed by atoms with Crippen molar-refractivity contribution in [1.82, 2.24) is 15.2 Å². The largest absolute Gasteiger partial charge is 0.319 e. The molecule has 112 valence electrons. The fourth-order valence-corrected chi connectivity index (χ4v) is 3.93. The maximum atomic E-state index is 4.09. The molecule has 3 heteroatoms. The molecule has 1 aliphatic rings. The molecule has 0 aromatic carbocycles. The third kappa shape index (κ3) is 4.29. The van der Waals surface area contributed by atoms with E-state index >= 15 is 0 Å². The molecule has 0 bridgehead atoms. The second kappa shape index (κ2) is 7.19. The summed E-state index contributed by atoms with van der Waals surface area (Å²) in [6.45, 7) is 5.74. The molecule has 0 amide bonds. The van der Waals surface area contributed by atoms with Crippen LogP contribution in [0.3, 0.4) is 0 Å². The Hall–Kier alpha value is -0.930. The van der Waals surface area contributed by atoms with Crippen LogP contribution < -0.4 is 5.32 Å². The van der Waals surface area contributed by atoms with Crippen molar-refractivity contribution in [1.29, 1.82) is 0 Å². The van der Waals surface area contributed by atoms with E-state index in [2.05, 4.69) is 48.4 Å². The summed E-state index contributed by atoms with van der Waals surface area (Å²) in [6, 6.07) is 4.23. The molecule has 3 nitrogen and oxygen atoms in total. The van der Waals surface area contributed by atoms with Crippen LogP contribution in [-0.4, -0.2) is 37.1 Å². The molecule has 20 heavy (non-hydrogen) atoms. The van der Waals surface area contributed by atoms with E-state index in [-0.39, 0.29) is 0 Å². The highest BCUT2D eigenvalue weighted by Gasteiger charge is 2.35. The zero-order chi connectivity index (χ0) is 14.4. The molecule has 2 atom stereocenters. The van der Waals surface area contributed by atoms with E-state index in [0.717, 1.165) is 19.0 Å². The predicted octanol–water partition coefficient (Wildman–Crippen LogP) is 2.93.